The number of hydrogen-bond acceptors (Lipinski definition) is 4. The van der Waals surface area contributed by atoms with Crippen molar-refractivity contribution in [3.63, 3.8) is 0 Å². The SMILES string of the molecule is C[C@@H]1CN(C[C@H](O)COCC[C@@H]2C[C@@H]3CC[C@@H]2C3)C[C@H](C)O1. The van der Waals surface area contributed by atoms with Gasteiger partial charge in [0.05, 0.1) is 24.9 Å². The summed E-state index contributed by atoms with van der Waals surface area (Å²) in [4.78, 5) is 2.29. The van der Waals surface area contributed by atoms with Gasteiger partial charge in [-0.1, -0.05) is 6.42 Å². The topological polar surface area (TPSA) is 41.9 Å². The molecule has 1 N–H and O–H groups in total. The molecule has 0 spiro atoms. The molecule has 6 atom stereocenters. The zero-order chi connectivity index (χ0) is 15.5. The highest BCUT2D eigenvalue weighted by atomic mass is 16.5. The number of hydrogen-bond donors (Lipinski definition) is 1. The van der Waals surface area contributed by atoms with Gasteiger partial charge in [-0.05, 0) is 57.3 Å². The van der Waals surface area contributed by atoms with Crippen LogP contribution in [0.3, 0.4) is 0 Å². The van der Waals surface area contributed by atoms with E-state index >= 15 is 0 Å². The smallest absolute Gasteiger partial charge is 0.0900 e. The van der Waals surface area contributed by atoms with Crippen LogP contribution in [0.25, 0.3) is 0 Å². The molecule has 1 heterocycles. The van der Waals surface area contributed by atoms with Gasteiger partial charge in [0.2, 0.25) is 0 Å². The van der Waals surface area contributed by atoms with Gasteiger partial charge in [-0.3, -0.25) is 4.90 Å². The van der Waals surface area contributed by atoms with Gasteiger partial charge in [0.1, 0.15) is 0 Å². The van der Waals surface area contributed by atoms with Gasteiger partial charge in [-0.25, -0.2) is 0 Å². The van der Waals surface area contributed by atoms with Crippen molar-refractivity contribution < 1.29 is 14.6 Å². The van der Waals surface area contributed by atoms with Gasteiger partial charge >= 0.3 is 0 Å². The van der Waals surface area contributed by atoms with Crippen molar-refractivity contribution >= 4 is 0 Å². The van der Waals surface area contributed by atoms with E-state index < -0.39 is 0 Å². The first kappa shape index (κ1) is 16.7. The largest absolute Gasteiger partial charge is 0.389 e. The van der Waals surface area contributed by atoms with E-state index in [1.54, 1.807) is 0 Å². The molecule has 0 unspecified atom stereocenters. The first-order chi connectivity index (χ1) is 10.6. The Bertz CT molecular complexity index is 341. The van der Waals surface area contributed by atoms with Crippen molar-refractivity contribution in [2.45, 2.75) is 64.3 Å². The summed E-state index contributed by atoms with van der Waals surface area (Å²) in [6.07, 6.45) is 7.16. The lowest BCUT2D eigenvalue weighted by Crippen LogP contribution is -2.48. The molecule has 0 aromatic rings. The van der Waals surface area contributed by atoms with Crippen LogP contribution in [0.4, 0.5) is 0 Å². The summed E-state index contributed by atoms with van der Waals surface area (Å²) >= 11 is 0. The van der Waals surface area contributed by atoms with Crippen molar-refractivity contribution in [2.24, 2.45) is 17.8 Å². The van der Waals surface area contributed by atoms with Crippen LogP contribution in [0.2, 0.25) is 0 Å². The van der Waals surface area contributed by atoms with Gasteiger partial charge < -0.3 is 14.6 Å². The summed E-state index contributed by atoms with van der Waals surface area (Å²) < 4.78 is 11.5. The fourth-order valence-corrected chi connectivity index (χ4v) is 4.97. The molecule has 0 radical (unpaired) electrons. The number of aliphatic hydroxyl groups is 1. The lowest BCUT2D eigenvalue weighted by Gasteiger charge is -2.36. The maximum atomic E-state index is 10.2. The molecule has 2 saturated carbocycles. The van der Waals surface area contributed by atoms with Crippen molar-refractivity contribution in [2.75, 3.05) is 32.8 Å². The van der Waals surface area contributed by atoms with Crippen molar-refractivity contribution in [1.29, 1.82) is 0 Å². The number of ether oxygens (including phenoxy) is 2. The van der Waals surface area contributed by atoms with Crippen LogP contribution in [0.15, 0.2) is 0 Å². The summed E-state index contributed by atoms with van der Waals surface area (Å²) in [5.74, 6) is 2.90. The average Bonchev–Trinajstić information content (AvgIpc) is 3.05. The van der Waals surface area contributed by atoms with E-state index in [-0.39, 0.29) is 18.3 Å². The molecule has 2 bridgehead atoms. The predicted molar refractivity (Wildman–Crippen MR) is 86.8 cm³/mol. The fourth-order valence-electron chi connectivity index (χ4n) is 4.97. The minimum Gasteiger partial charge on any atom is -0.389 e. The van der Waals surface area contributed by atoms with Crippen LogP contribution in [0, 0.1) is 17.8 Å². The molecule has 3 fully saturated rings. The minimum absolute atomic E-state index is 0.259. The number of fused-ring (bicyclic) bond motifs is 2. The second-order valence-corrected chi connectivity index (χ2v) is 7.93. The van der Waals surface area contributed by atoms with Gasteiger partial charge in [0.25, 0.3) is 0 Å². The van der Waals surface area contributed by atoms with Gasteiger partial charge in [-0.2, -0.15) is 0 Å². The lowest BCUT2D eigenvalue weighted by atomic mass is 9.87. The fraction of sp³-hybridized carbons (Fsp3) is 1.00. The van der Waals surface area contributed by atoms with Crippen LogP contribution in [0.1, 0.15) is 46.0 Å². The number of nitrogens with zero attached hydrogens (tertiary/aromatic N) is 1. The highest BCUT2D eigenvalue weighted by Crippen LogP contribution is 2.49. The van der Waals surface area contributed by atoms with Crippen LogP contribution in [0.5, 0.6) is 0 Å². The first-order valence-electron chi connectivity index (χ1n) is 9.23. The summed E-state index contributed by atoms with van der Waals surface area (Å²) in [6.45, 7) is 8.01. The third-order valence-corrected chi connectivity index (χ3v) is 5.79. The van der Waals surface area contributed by atoms with Crippen LogP contribution >= 0.6 is 0 Å². The molecule has 2 aliphatic carbocycles. The predicted octanol–water partition coefficient (Wildman–Crippen LogP) is 2.30. The molecule has 4 heteroatoms. The van der Waals surface area contributed by atoms with E-state index in [9.17, 15) is 5.11 Å². The number of aliphatic hydroxyl groups excluding tert-OH is 1. The Hall–Kier alpha value is -0.160. The van der Waals surface area contributed by atoms with E-state index in [2.05, 4.69) is 18.7 Å². The summed E-state index contributed by atoms with van der Waals surface area (Å²) in [5, 5.41) is 10.2. The van der Waals surface area contributed by atoms with Crippen LogP contribution in [-0.2, 0) is 9.47 Å². The summed E-state index contributed by atoms with van der Waals surface area (Å²) in [7, 11) is 0. The van der Waals surface area contributed by atoms with E-state index in [1.807, 2.05) is 0 Å². The number of rotatable bonds is 7. The molecule has 3 rings (SSSR count). The molecule has 0 aromatic carbocycles. The Labute approximate surface area is 135 Å². The van der Waals surface area contributed by atoms with Crippen LogP contribution < -0.4 is 0 Å². The van der Waals surface area contributed by atoms with Gasteiger partial charge in [0, 0.05) is 26.2 Å². The molecule has 22 heavy (non-hydrogen) atoms. The van der Waals surface area contributed by atoms with E-state index in [1.165, 1.54) is 32.1 Å². The second kappa shape index (κ2) is 7.61. The Morgan fingerprint density at radius 2 is 1.95 bits per heavy atom. The molecule has 3 aliphatic rings. The van der Waals surface area contributed by atoms with E-state index in [0.29, 0.717) is 13.2 Å². The van der Waals surface area contributed by atoms with Gasteiger partial charge in [-0.15, -0.1) is 0 Å². The zero-order valence-corrected chi connectivity index (χ0v) is 14.2. The quantitative estimate of drug-likeness (QED) is 0.733. The van der Waals surface area contributed by atoms with Crippen LogP contribution in [-0.4, -0.2) is 61.2 Å². The zero-order valence-electron chi connectivity index (χ0n) is 14.2. The molecular weight excluding hydrogens is 278 g/mol. The maximum absolute atomic E-state index is 10.2. The van der Waals surface area contributed by atoms with E-state index in [4.69, 9.17) is 9.47 Å². The molecule has 1 aliphatic heterocycles. The molecular formula is C18H33NO3. The Morgan fingerprint density at radius 3 is 2.59 bits per heavy atom. The van der Waals surface area contributed by atoms with Crippen molar-refractivity contribution in [3.05, 3.63) is 0 Å². The molecule has 1 saturated heterocycles. The third-order valence-electron chi connectivity index (χ3n) is 5.79. The average molecular weight is 311 g/mol. The maximum Gasteiger partial charge on any atom is 0.0900 e. The standard InChI is InChI=1S/C18H33NO3/c1-13-9-19(10-14(2)22-13)11-18(20)12-21-6-5-17-8-15-3-4-16(17)7-15/h13-18,20H,3-12H2,1-2H3/t13-,14+,15-,16-,17-,18+/m1/s1. The molecule has 0 amide bonds. The normalized spacial score (nSPS) is 40.2. The second-order valence-electron chi connectivity index (χ2n) is 7.93. The highest BCUT2D eigenvalue weighted by Gasteiger charge is 2.38. The molecule has 0 aromatic heterocycles. The first-order valence-corrected chi connectivity index (χ1v) is 9.23. The monoisotopic (exact) mass is 311 g/mol. The molecule has 128 valence electrons. The minimum atomic E-state index is -0.377. The number of morpholine rings is 1. The highest BCUT2D eigenvalue weighted by molar-refractivity contribution is 4.89. The Kier molecular flexibility index (Phi) is 5.77. The van der Waals surface area contributed by atoms with Gasteiger partial charge in [0.15, 0.2) is 0 Å². The number of β-amino-alcohol motifs (C(OH)–C–C–N with tert-alkyl or cyclic N) is 1. The summed E-state index contributed by atoms with van der Waals surface area (Å²) in [5.41, 5.74) is 0. The molecule has 4 nitrogen and oxygen atoms in total. The summed E-state index contributed by atoms with van der Waals surface area (Å²) in [6, 6.07) is 0. The third kappa shape index (κ3) is 4.44. The lowest BCUT2D eigenvalue weighted by molar-refractivity contribution is -0.0823. The Morgan fingerprint density at radius 1 is 1.18 bits per heavy atom. The van der Waals surface area contributed by atoms with Crippen molar-refractivity contribution in [1.82, 2.24) is 4.90 Å². The van der Waals surface area contributed by atoms with E-state index in [0.717, 1.165) is 37.5 Å². The Balaban J connectivity index is 1.27. The van der Waals surface area contributed by atoms with Crippen molar-refractivity contribution in [3.8, 4) is 0 Å².